The van der Waals surface area contributed by atoms with Gasteiger partial charge in [0.2, 0.25) is 0 Å². The van der Waals surface area contributed by atoms with Gasteiger partial charge in [0, 0.05) is 11.8 Å². The van der Waals surface area contributed by atoms with Crippen molar-refractivity contribution in [2.24, 2.45) is 11.8 Å². The maximum Gasteiger partial charge on any atom is 0.384 e. The third-order valence-electron chi connectivity index (χ3n) is 2.53. The minimum Gasteiger partial charge on any atom is -0.456 e. The highest BCUT2D eigenvalue weighted by Gasteiger charge is 2.22. The van der Waals surface area contributed by atoms with Gasteiger partial charge in [0.25, 0.3) is 0 Å². The maximum atomic E-state index is 10.9. The van der Waals surface area contributed by atoms with E-state index >= 15 is 0 Å². The second kappa shape index (κ2) is 4.91. The number of ether oxygens (including phenoxy) is 1. The van der Waals surface area contributed by atoms with Gasteiger partial charge in [0.05, 0.1) is 6.61 Å². The van der Waals surface area contributed by atoms with E-state index in [-0.39, 0.29) is 0 Å². The van der Waals surface area contributed by atoms with Crippen LogP contribution in [0.5, 0.6) is 0 Å². The van der Waals surface area contributed by atoms with E-state index in [4.69, 9.17) is 4.74 Å². The molecule has 2 nitrogen and oxygen atoms in total. The molecule has 72 valence electrons. The lowest BCUT2D eigenvalue weighted by Gasteiger charge is -2.28. The van der Waals surface area contributed by atoms with Gasteiger partial charge in [0.1, 0.15) is 0 Å². The smallest absolute Gasteiger partial charge is 0.384 e. The van der Waals surface area contributed by atoms with E-state index in [1.165, 1.54) is 19.3 Å². The van der Waals surface area contributed by atoms with Gasteiger partial charge in [-0.15, -0.1) is 0 Å². The van der Waals surface area contributed by atoms with Crippen LogP contribution in [0.1, 0.15) is 33.1 Å². The Bertz CT molecular complexity index is 230. The van der Waals surface area contributed by atoms with Crippen molar-refractivity contribution in [1.82, 2.24) is 0 Å². The highest BCUT2D eigenvalue weighted by atomic mass is 16.5. The van der Waals surface area contributed by atoms with Crippen LogP contribution in [0.15, 0.2) is 0 Å². The molecule has 2 heteroatoms. The minimum atomic E-state index is -0.395. The molecular weight excluding hydrogens is 164 g/mol. The van der Waals surface area contributed by atoms with Crippen molar-refractivity contribution in [3.8, 4) is 11.8 Å². The van der Waals surface area contributed by atoms with E-state index < -0.39 is 5.97 Å². The lowest BCUT2D eigenvalue weighted by molar-refractivity contribution is -0.136. The zero-order chi connectivity index (χ0) is 9.68. The molecule has 0 heterocycles. The number of hydrogen-bond acceptors (Lipinski definition) is 2. The van der Waals surface area contributed by atoms with Gasteiger partial charge in [-0.25, -0.2) is 4.79 Å². The summed E-state index contributed by atoms with van der Waals surface area (Å²) in [5.74, 6) is 6.13. The Hall–Kier alpha value is -0.970. The zero-order valence-electron chi connectivity index (χ0n) is 8.30. The van der Waals surface area contributed by atoms with E-state index in [2.05, 4.69) is 18.8 Å². The average Bonchev–Trinajstić information content (AvgIpc) is 1.98. The van der Waals surface area contributed by atoms with Crippen LogP contribution >= 0.6 is 0 Å². The molecule has 1 aliphatic rings. The Balaban J connectivity index is 2.31. The Kier molecular flexibility index (Phi) is 3.82. The number of hydrogen-bond donors (Lipinski definition) is 0. The second-order valence-electron chi connectivity index (χ2n) is 3.47. The Morgan fingerprint density at radius 3 is 2.77 bits per heavy atom. The fourth-order valence-corrected chi connectivity index (χ4v) is 1.40. The van der Waals surface area contributed by atoms with E-state index in [9.17, 15) is 4.79 Å². The van der Waals surface area contributed by atoms with E-state index in [0.717, 1.165) is 0 Å². The summed E-state index contributed by atoms with van der Waals surface area (Å²) in [5, 5.41) is 0. The standard InChI is InChI=1S/C11H16O2/c1-3-13-11(12)8-7-9(2)10-5-4-6-10/h9-10H,3-6H2,1-2H3. The lowest BCUT2D eigenvalue weighted by atomic mass is 9.77. The van der Waals surface area contributed by atoms with Gasteiger partial charge in [-0.3, -0.25) is 0 Å². The van der Waals surface area contributed by atoms with Crippen LogP contribution in [0.4, 0.5) is 0 Å². The molecule has 0 aromatic rings. The first-order chi connectivity index (χ1) is 6.24. The molecule has 0 bridgehead atoms. The molecule has 0 aromatic heterocycles. The topological polar surface area (TPSA) is 26.3 Å². The highest BCUT2D eigenvalue weighted by Crippen LogP contribution is 2.32. The van der Waals surface area contributed by atoms with Gasteiger partial charge in [0.15, 0.2) is 0 Å². The van der Waals surface area contributed by atoms with Crippen LogP contribution in [0.3, 0.4) is 0 Å². The molecule has 0 radical (unpaired) electrons. The summed E-state index contributed by atoms with van der Waals surface area (Å²) < 4.78 is 4.71. The summed E-state index contributed by atoms with van der Waals surface area (Å²) in [6, 6.07) is 0. The number of carbonyl (C=O) groups is 1. The largest absolute Gasteiger partial charge is 0.456 e. The molecule has 1 saturated carbocycles. The van der Waals surface area contributed by atoms with E-state index in [1.54, 1.807) is 6.92 Å². The van der Waals surface area contributed by atoms with E-state index in [0.29, 0.717) is 18.4 Å². The summed E-state index contributed by atoms with van der Waals surface area (Å²) in [4.78, 5) is 10.9. The van der Waals surface area contributed by atoms with Gasteiger partial charge in [-0.1, -0.05) is 19.3 Å². The van der Waals surface area contributed by atoms with Crippen LogP contribution in [0.2, 0.25) is 0 Å². The summed E-state index contributed by atoms with van der Waals surface area (Å²) >= 11 is 0. The van der Waals surface area contributed by atoms with Gasteiger partial charge in [-0.2, -0.15) is 0 Å². The second-order valence-corrected chi connectivity index (χ2v) is 3.47. The molecular formula is C11H16O2. The Morgan fingerprint density at radius 1 is 1.62 bits per heavy atom. The predicted molar refractivity (Wildman–Crippen MR) is 50.9 cm³/mol. The molecule has 1 aliphatic carbocycles. The summed E-state index contributed by atoms with van der Waals surface area (Å²) in [6.07, 6.45) is 3.84. The van der Waals surface area contributed by atoms with Gasteiger partial charge < -0.3 is 4.74 Å². The van der Waals surface area contributed by atoms with Crippen molar-refractivity contribution in [2.75, 3.05) is 6.61 Å². The van der Waals surface area contributed by atoms with Crippen molar-refractivity contribution in [3.63, 3.8) is 0 Å². The minimum absolute atomic E-state index is 0.346. The van der Waals surface area contributed by atoms with Crippen molar-refractivity contribution in [2.45, 2.75) is 33.1 Å². The van der Waals surface area contributed by atoms with Gasteiger partial charge in [-0.05, 0) is 25.7 Å². The first-order valence-electron chi connectivity index (χ1n) is 4.92. The lowest BCUT2D eigenvalue weighted by Crippen LogP contribution is -2.18. The quantitative estimate of drug-likeness (QED) is 0.369. The number of esters is 1. The monoisotopic (exact) mass is 180 g/mol. The molecule has 0 aliphatic heterocycles. The molecule has 1 rings (SSSR count). The maximum absolute atomic E-state index is 10.9. The molecule has 1 atom stereocenters. The first-order valence-corrected chi connectivity index (χ1v) is 4.92. The average molecular weight is 180 g/mol. The molecule has 0 saturated heterocycles. The molecule has 0 spiro atoms. The third-order valence-corrected chi connectivity index (χ3v) is 2.53. The number of carbonyl (C=O) groups excluding carboxylic acids is 1. The number of rotatable bonds is 2. The third kappa shape index (κ3) is 3.10. The van der Waals surface area contributed by atoms with Crippen molar-refractivity contribution < 1.29 is 9.53 Å². The highest BCUT2D eigenvalue weighted by molar-refractivity contribution is 5.88. The Morgan fingerprint density at radius 2 is 2.31 bits per heavy atom. The van der Waals surface area contributed by atoms with Crippen LogP contribution in [-0.4, -0.2) is 12.6 Å². The van der Waals surface area contributed by atoms with Crippen LogP contribution in [0, 0.1) is 23.7 Å². The molecule has 0 aromatic carbocycles. The van der Waals surface area contributed by atoms with Crippen molar-refractivity contribution in [1.29, 1.82) is 0 Å². The summed E-state index contributed by atoms with van der Waals surface area (Å²) in [6.45, 7) is 4.27. The van der Waals surface area contributed by atoms with E-state index in [1.807, 2.05) is 0 Å². The fraction of sp³-hybridized carbons (Fsp3) is 0.727. The van der Waals surface area contributed by atoms with Gasteiger partial charge >= 0.3 is 5.97 Å². The molecule has 0 N–H and O–H groups in total. The molecule has 0 amide bonds. The Labute approximate surface area is 79.7 Å². The first kappa shape index (κ1) is 10.1. The van der Waals surface area contributed by atoms with Crippen LogP contribution < -0.4 is 0 Å². The molecule has 1 fully saturated rings. The zero-order valence-corrected chi connectivity index (χ0v) is 8.30. The molecule has 13 heavy (non-hydrogen) atoms. The normalized spacial score (nSPS) is 18.0. The molecule has 1 unspecified atom stereocenters. The van der Waals surface area contributed by atoms with Crippen LogP contribution in [-0.2, 0) is 9.53 Å². The van der Waals surface area contributed by atoms with Crippen molar-refractivity contribution in [3.05, 3.63) is 0 Å². The van der Waals surface area contributed by atoms with Crippen molar-refractivity contribution >= 4 is 5.97 Å². The summed E-state index contributed by atoms with van der Waals surface area (Å²) in [7, 11) is 0. The SMILES string of the molecule is CCOC(=O)C#CC(C)C1CCC1. The summed E-state index contributed by atoms with van der Waals surface area (Å²) in [5.41, 5.74) is 0. The predicted octanol–water partition coefficient (Wildman–Crippen LogP) is 1.99. The fourth-order valence-electron chi connectivity index (χ4n) is 1.40. The van der Waals surface area contributed by atoms with Crippen LogP contribution in [0.25, 0.3) is 0 Å².